The maximum atomic E-state index is 13.2. The first-order chi connectivity index (χ1) is 19.5. The number of nitrogens with zero attached hydrogens (tertiary/aromatic N) is 5. The Morgan fingerprint density at radius 1 is 1.10 bits per heavy atom. The highest BCUT2D eigenvalue weighted by Crippen LogP contribution is 2.39. The Kier molecular flexibility index (Phi) is 10.1. The van der Waals surface area contributed by atoms with Crippen molar-refractivity contribution in [3.8, 4) is 16.9 Å². The van der Waals surface area contributed by atoms with E-state index in [2.05, 4.69) is 25.5 Å². The van der Waals surface area contributed by atoms with Gasteiger partial charge in [-0.05, 0) is 48.7 Å². The minimum absolute atomic E-state index is 0.0912. The second-order valence-corrected chi connectivity index (χ2v) is 11.8. The van der Waals surface area contributed by atoms with Crippen molar-refractivity contribution < 1.29 is 14.3 Å². The van der Waals surface area contributed by atoms with Gasteiger partial charge in [0.2, 0.25) is 0 Å². The maximum Gasteiger partial charge on any atom is 0.266 e. The van der Waals surface area contributed by atoms with E-state index < -0.39 is 0 Å². The molecule has 0 radical (unpaired) electrons. The number of ether oxygens (including phenoxy) is 2. The number of thioether (sulfide) groups is 1. The first-order valence-electron chi connectivity index (χ1n) is 13.0. The zero-order valence-corrected chi connectivity index (χ0v) is 24.8. The van der Waals surface area contributed by atoms with Crippen molar-refractivity contribution in [2.45, 2.75) is 19.3 Å². The lowest BCUT2D eigenvalue weighted by Gasteiger charge is -2.26. The molecule has 9 nitrogen and oxygen atoms in total. The predicted octanol–water partition coefficient (Wildman–Crippen LogP) is 5.11. The van der Waals surface area contributed by atoms with E-state index in [1.807, 2.05) is 30.3 Å². The number of thiocarbonyl (C=S) groups is 1. The summed E-state index contributed by atoms with van der Waals surface area (Å²) < 4.78 is 12.2. The number of unbranched alkanes of at least 4 members (excludes halogenated alkanes) is 1. The van der Waals surface area contributed by atoms with E-state index >= 15 is 0 Å². The molecule has 1 N–H and O–H groups in total. The molecule has 2 saturated heterocycles. The number of amides is 1. The second kappa shape index (κ2) is 13.9. The second-order valence-electron chi connectivity index (χ2n) is 9.30. The molecule has 0 aliphatic carbocycles. The van der Waals surface area contributed by atoms with Gasteiger partial charge in [0.25, 0.3) is 5.91 Å². The molecule has 210 valence electrons. The highest BCUT2D eigenvalue weighted by Gasteiger charge is 2.31. The Morgan fingerprint density at radius 2 is 1.95 bits per heavy atom. The molecular formula is C27H28Cl2N6O3S2. The Labute approximate surface area is 252 Å². The van der Waals surface area contributed by atoms with E-state index in [1.165, 1.54) is 11.8 Å². The van der Waals surface area contributed by atoms with E-state index in [1.54, 1.807) is 17.0 Å². The van der Waals surface area contributed by atoms with Crippen molar-refractivity contribution in [2.75, 3.05) is 46.0 Å². The summed E-state index contributed by atoms with van der Waals surface area (Å²) in [6.07, 6.45) is 4.17. The number of nitrogens with one attached hydrogen (secondary N) is 1. The summed E-state index contributed by atoms with van der Waals surface area (Å²) in [4.78, 5) is 17.7. The fourth-order valence-corrected chi connectivity index (χ4v) is 6.30. The number of aryl methyl sites for hydroxylation is 1. The average Bonchev–Trinajstić information content (AvgIpc) is 3.56. The van der Waals surface area contributed by atoms with Crippen LogP contribution < -0.4 is 4.74 Å². The molecule has 2 aromatic carbocycles. The van der Waals surface area contributed by atoms with Crippen LogP contribution in [-0.2, 0) is 16.0 Å². The van der Waals surface area contributed by atoms with Crippen LogP contribution >= 0.6 is 47.2 Å². The van der Waals surface area contributed by atoms with E-state index in [0.29, 0.717) is 50.4 Å². The van der Waals surface area contributed by atoms with Crippen LogP contribution in [0.4, 0.5) is 0 Å². The van der Waals surface area contributed by atoms with Crippen LogP contribution in [0.2, 0.25) is 10.0 Å². The molecule has 13 heteroatoms. The first-order valence-corrected chi connectivity index (χ1v) is 15.0. The minimum Gasteiger partial charge on any atom is -0.492 e. The van der Waals surface area contributed by atoms with Gasteiger partial charge in [-0.2, -0.15) is 5.21 Å². The molecule has 0 saturated carbocycles. The van der Waals surface area contributed by atoms with Crippen LogP contribution in [0, 0.1) is 0 Å². The zero-order valence-electron chi connectivity index (χ0n) is 21.6. The van der Waals surface area contributed by atoms with E-state index in [0.717, 1.165) is 62.4 Å². The average molecular weight is 620 g/mol. The number of halogens is 2. The molecule has 0 spiro atoms. The quantitative estimate of drug-likeness (QED) is 0.179. The SMILES string of the molecule is O=C1C(=Cc2ccc(OCCN3CCOCC3)c(-c3ccc(Cl)cc3Cl)c2)SC(=S)N1CCCCc1nn[nH]n1. The third-order valence-electron chi connectivity index (χ3n) is 6.59. The molecule has 0 bridgehead atoms. The lowest BCUT2D eigenvalue weighted by Crippen LogP contribution is -2.38. The van der Waals surface area contributed by atoms with Crippen molar-refractivity contribution in [3.05, 3.63) is 62.7 Å². The van der Waals surface area contributed by atoms with Crippen molar-refractivity contribution in [3.63, 3.8) is 0 Å². The number of hydrogen-bond acceptors (Lipinski definition) is 9. The maximum absolute atomic E-state index is 13.2. The van der Waals surface area contributed by atoms with Gasteiger partial charge in [0.1, 0.15) is 16.7 Å². The van der Waals surface area contributed by atoms with Crippen molar-refractivity contribution in [1.29, 1.82) is 0 Å². The van der Waals surface area contributed by atoms with Gasteiger partial charge in [-0.3, -0.25) is 14.6 Å². The fourth-order valence-electron chi connectivity index (χ4n) is 4.48. The summed E-state index contributed by atoms with van der Waals surface area (Å²) in [6.45, 7) is 5.16. The van der Waals surface area contributed by atoms with Crippen LogP contribution in [0.25, 0.3) is 17.2 Å². The molecule has 1 amide bonds. The van der Waals surface area contributed by atoms with Gasteiger partial charge in [0.05, 0.1) is 23.1 Å². The third-order valence-corrected chi connectivity index (χ3v) is 8.51. The zero-order chi connectivity index (χ0) is 27.9. The number of rotatable bonds is 11. The number of tetrazole rings is 1. The summed E-state index contributed by atoms with van der Waals surface area (Å²) in [5, 5.41) is 15.0. The van der Waals surface area contributed by atoms with E-state index in [4.69, 9.17) is 44.9 Å². The van der Waals surface area contributed by atoms with E-state index in [-0.39, 0.29) is 5.91 Å². The number of carbonyl (C=O) groups excluding carboxylic acids is 1. The molecule has 3 heterocycles. The molecule has 0 atom stereocenters. The molecule has 40 heavy (non-hydrogen) atoms. The van der Waals surface area contributed by atoms with Crippen molar-refractivity contribution >= 4 is 63.5 Å². The normalized spacial score (nSPS) is 17.2. The monoisotopic (exact) mass is 618 g/mol. The highest BCUT2D eigenvalue weighted by molar-refractivity contribution is 8.26. The van der Waals surface area contributed by atoms with E-state index in [9.17, 15) is 4.79 Å². The topological polar surface area (TPSA) is 96.5 Å². The summed E-state index contributed by atoms with van der Waals surface area (Å²) in [5.41, 5.74) is 2.48. The minimum atomic E-state index is -0.0912. The van der Waals surface area contributed by atoms with Gasteiger partial charge in [-0.15, -0.1) is 10.2 Å². The molecule has 5 rings (SSSR count). The van der Waals surface area contributed by atoms with Gasteiger partial charge in [0, 0.05) is 48.7 Å². The number of aromatic nitrogens is 4. The largest absolute Gasteiger partial charge is 0.492 e. The molecule has 2 aliphatic heterocycles. The number of benzene rings is 2. The van der Waals surface area contributed by atoms with Crippen LogP contribution in [0.15, 0.2) is 41.3 Å². The number of hydrogen-bond donors (Lipinski definition) is 1. The number of morpholine rings is 1. The summed E-state index contributed by atoms with van der Waals surface area (Å²) in [5.74, 6) is 1.28. The Hall–Kier alpha value is -2.54. The lowest BCUT2D eigenvalue weighted by atomic mass is 10.0. The third kappa shape index (κ3) is 7.39. The highest BCUT2D eigenvalue weighted by atomic mass is 35.5. The van der Waals surface area contributed by atoms with Gasteiger partial charge in [-0.1, -0.05) is 64.5 Å². The Balaban J connectivity index is 1.30. The van der Waals surface area contributed by atoms with Crippen molar-refractivity contribution in [2.24, 2.45) is 0 Å². The predicted molar refractivity (Wildman–Crippen MR) is 162 cm³/mol. The number of aromatic amines is 1. The summed E-state index contributed by atoms with van der Waals surface area (Å²) in [6, 6.07) is 11.2. The molecular weight excluding hydrogens is 591 g/mol. The fraction of sp³-hybridized carbons (Fsp3) is 0.370. The Morgan fingerprint density at radius 3 is 2.73 bits per heavy atom. The molecule has 1 aromatic heterocycles. The smallest absolute Gasteiger partial charge is 0.266 e. The number of H-pyrrole nitrogens is 1. The van der Waals surface area contributed by atoms with Crippen LogP contribution in [0.1, 0.15) is 24.2 Å². The number of carbonyl (C=O) groups is 1. The van der Waals surface area contributed by atoms with Crippen molar-refractivity contribution in [1.82, 2.24) is 30.4 Å². The van der Waals surface area contributed by atoms with Crippen LogP contribution in [-0.4, -0.2) is 86.7 Å². The molecule has 3 aromatic rings. The standard InChI is InChI=1S/C27H28Cl2N6O3S2/c28-19-5-6-20(22(29)17-19)21-15-18(4-7-23(21)38-14-11-34-9-12-37-13-10-34)16-24-26(36)35(27(39)40-24)8-2-1-3-25-30-32-33-31-25/h4-7,15-17H,1-3,8-14H2,(H,30,31,32,33). The first kappa shape index (κ1) is 29.0. The molecule has 0 unspecified atom stereocenters. The lowest BCUT2D eigenvalue weighted by molar-refractivity contribution is -0.122. The van der Waals surface area contributed by atoms with Gasteiger partial charge in [0.15, 0.2) is 5.82 Å². The Bertz CT molecular complexity index is 1380. The summed E-state index contributed by atoms with van der Waals surface area (Å²) in [7, 11) is 0. The van der Waals surface area contributed by atoms with Gasteiger partial charge in [-0.25, -0.2) is 0 Å². The van der Waals surface area contributed by atoms with Gasteiger partial charge >= 0.3 is 0 Å². The van der Waals surface area contributed by atoms with Crippen LogP contribution in [0.5, 0.6) is 5.75 Å². The van der Waals surface area contributed by atoms with Gasteiger partial charge < -0.3 is 9.47 Å². The van der Waals surface area contributed by atoms with Crippen LogP contribution in [0.3, 0.4) is 0 Å². The summed E-state index contributed by atoms with van der Waals surface area (Å²) >= 11 is 19.6. The molecule has 2 aliphatic rings. The molecule has 2 fully saturated rings.